The third-order valence-electron chi connectivity index (χ3n) is 5.52. The van der Waals surface area contributed by atoms with Crippen molar-refractivity contribution in [2.24, 2.45) is 0 Å². The molecule has 2 fully saturated rings. The third kappa shape index (κ3) is 2.93. The molecule has 0 spiro atoms. The maximum absolute atomic E-state index is 14.8. The quantitative estimate of drug-likeness (QED) is 0.850. The number of carboxylic acid groups (broad SMARTS) is 1. The van der Waals surface area contributed by atoms with Gasteiger partial charge in [-0.3, -0.25) is 4.79 Å². The van der Waals surface area contributed by atoms with Crippen molar-refractivity contribution < 1.29 is 19.4 Å². The monoisotopic (exact) mass is 375 g/mol. The second kappa shape index (κ2) is 6.53. The van der Waals surface area contributed by atoms with E-state index in [-0.39, 0.29) is 11.4 Å². The van der Waals surface area contributed by atoms with E-state index in [1.165, 1.54) is 4.57 Å². The summed E-state index contributed by atoms with van der Waals surface area (Å²) >= 11 is 0. The first-order valence-corrected chi connectivity index (χ1v) is 9.23. The molecule has 27 heavy (non-hydrogen) atoms. The van der Waals surface area contributed by atoms with Crippen molar-refractivity contribution in [3.63, 3.8) is 0 Å². The molecule has 0 radical (unpaired) electrons. The average Bonchev–Trinajstić information content (AvgIpc) is 3.49. The number of fused-ring (bicyclic) bond motifs is 1. The fourth-order valence-electron chi connectivity index (χ4n) is 3.87. The SMILES string of the molecule is CCN1CCN(c2cc3c(cc2F)c(=O)c(O)c(C(=O)O)n3C2CC2)CC1. The van der Waals surface area contributed by atoms with Gasteiger partial charge in [-0.15, -0.1) is 0 Å². The van der Waals surface area contributed by atoms with Gasteiger partial charge in [0.25, 0.3) is 0 Å². The van der Waals surface area contributed by atoms with Crippen LogP contribution in [0.5, 0.6) is 5.75 Å². The first-order valence-electron chi connectivity index (χ1n) is 9.23. The lowest BCUT2D eigenvalue weighted by Crippen LogP contribution is -2.46. The standard InChI is InChI=1S/C19H22FN3O4/c1-2-21-5-7-22(8-6-21)15-10-14-12(9-13(15)20)17(24)18(25)16(19(26)27)23(14)11-3-4-11/h9-11,25H,2-8H2,1H3,(H,26,27). The molecule has 2 N–H and O–H groups in total. The van der Waals surface area contributed by atoms with Crippen molar-refractivity contribution in [1.29, 1.82) is 0 Å². The Morgan fingerprint density at radius 3 is 2.44 bits per heavy atom. The topological polar surface area (TPSA) is 86.0 Å². The lowest BCUT2D eigenvalue weighted by molar-refractivity contribution is 0.0680. The zero-order chi connectivity index (χ0) is 19.3. The Morgan fingerprint density at radius 1 is 1.22 bits per heavy atom. The van der Waals surface area contributed by atoms with E-state index >= 15 is 0 Å². The van der Waals surface area contributed by atoms with Crippen molar-refractivity contribution in [3.05, 3.63) is 33.9 Å². The summed E-state index contributed by atoms with van der Waals surface area (Å²) in [5.74, 6) is -2.72. The molecule has 0 unspecified atom stereocenters. The number of halogens is 1. The van der Waals surface area contributed by atoms with Crippen molar-refractivity contribution >= 4 is 22.6 Å². The summed E-state index contributed by atoms with van der Waals surface area (Å²) in [6.07, 6.45) is 1.53. The van der Waals surface area contributed by atoms with E-state index in [2.05, 4.69) is 11.8 Å². The summed E-state index contributed by atoms with van der Waals surface area (Å²) in [7, 11) is 0. The number of hydrogen-bond donors (Lipinski definition) is 2. The molecule has 1 saturated heterocycles. The highest BCUT2D eigenvalue weighted by Crippen LogP contribution is 2.40. The van der Waals surface area contributed by atoms with Gasteiger partial charge in [0.2, 0.25) is 5.43 Å². The molecule has 8 heteroatoms. The van der Waals surface area contributed by atoms with Crippen LogP contribution in [-0.4, -0.2) is 58.4 Å². The lowest BCUT2D eigenvalue weighted by atomic mass is 10.1. The number of hydrogen-bond acceptors (Lipinski definition) is 5. The van der Waals surface area contributed by atoms with Crippen LogP contribution in [0.4, 0.5) is 10.1 Å². The molecule has 7 nitrogen and oxygen atoms in total. The molecule has 144 valence electrons. The van der Waals surface area contributed by atoms with Gasteiger partial charge < -0.3 is 24.6 Å². The number of aromatic hydroxyl groups is 1. The number of nitrogens with zero attached hydrogens (tertiary/aromatic N) is 3. The summed E-state index contributed by atoms with van der Waals surface area (Å²) in [6.45, 7) is 5.98. The Balaban J connectivity index is 1.90. The summed E-state index contributed by atoms with van der Waals surface area (Å²) in [5, 5.41) is 19.7. The molecule has 0 bridgehead atoms. The molecule has 0 amide bonds. The van der Waals surface area contributed by atoms with Crippen molar-refractivity contribution in [3.8, 4) is 5.75 Å². The van der Waals surface area contributed by atoms with Crippen LogP contribution in [0.25, 0.3) is 10.9 Å². The molecule has 2 aromatic rings. The smallest absolute Gasteiger partial charge is 0.356 e. The van der Waals surface area contributed by atoms with Gasteiger partial charge in [0.1, 0.15) is 5.82 Å². The largest absolute Gasteiger partial charge is 0.502 e. The number of pyridine rings is 1. The molecule has 1 aliphatic heterocycles. The number of carboxylic acids is 1. The molecule has 1 saturated carbocycles. The van der Waals surface area contributed by atoms with Crippen LogP contribution in [0, 0.1) is 5.82 Å². The van der Waals surface area contributed by atoms with Crippen LogP contribution < -0.4 is 10.3 Å². The van der Waals surface area contributed by atoms with Gasteiger partial charge >= 0.3 is 5.97 Å². The second-order valence-corrected chi connectivity index (χ2v) is 7.17. The zero-order valence-corrected chi connectivity index (χ0v) is 15.1. The summed E-state index contributed by atoms with van der Waals surface area (Å²) in [4.78, 5) is 28.3. The van der Waals surface area contributed by atoms with Gasteiger partial charge in [0, 0.05) is 32.2 Å². The van der Waals surface area contributed by atoms with Crippen molar-refractivity contribution in [1.82, 2.24) is 9.47 Å². The summed E-state index contributed by atoms with van der Waals surface area (Å²) in [5.41, 5.74) is -0.523. The van der Waals surface area contributed by atoms with Gasteiger partial charge in [0.15, 0.2) is 11.4 Å². The van der Waals surface area contributed by atoms with Crippen molar-refractivity contribution in [2.45, 2.75) is 25.8 Å². The van der Waals surface area contributed by atoms with Gasteiger partial charge in [0.05, 0.1) is 16.6 Å². The highest BCUT2D eigenvalue weighted by molar-refractivity contribution is 5.95. The maximum atomic E-state index is 14.8. The summed E-state index contributed by atoms with van der Waals surface area (Å²) < 4.78 is 16.3. The normalized spacial score (nSPS) is 18.2. The van der Waals surface area contributed by atoms with E-state index in [0.29, 0.717) is 24.3 Å². The van der Waals surface area contributed by atoms with Crippen LogP contribution in [0.15, 0.2) is 16.9 Å². The van der Waals surface area contributed by atoms with Crippen LogP contribution in [0.3, 0.4) is 0 Å². The van der Waals surface area contributed by atoms with Crippen LogP contribution >= 0.6 is 0 Å². The van der Waals surface area contributed by atoms with Gasteiger partial charge in [-0.1, -0.05) is 6.92 Å². The highest BCUT2D eigenvalue weighted by Gasteiger charge is 2.33. The van der Waals surface area contributed by atoms with E-state index < -0.39 is 28.7 Å². The Labute approximate surface area is 155 Å². The Bertz CT molecular complexity index is 975. The molecule has 4 rings (SSSR count). The second-order valence-electron chi connectivity index (χ2n) is 7.17. The molecular formula is C19H22FN3O4. The number of likely N-dealkylation sites (N-methyl/N-ethyl adjacent to an activating group) is 1. The minimum absolute atomic E-state index is 0.0119. The Hall–Kier alpha value is -2.61. The van der Waals surface area contributed by atoms with Crippen LogP contribution in [-0.2, 0) is 0 Å². The minimum Gasteiger partial charge on any atom is -0.502 e. The maximum Gasteiger partial charge on any atom is 0.356 e. The van der Waals surface area contributed by atoms with E-state index in [1.54, 1.807) is 6.07 Å². The molecule has 0 atom stereocenters. The van der Waals surface area contributed by atoms with Gasteiger partial charge in [-0.25, -0.2) is 9.18 Å². The molecule has 2 heterocycles. The minimum atomic E-state index is -1.36. The number of carbonyl (C=O) groups is 1. The van der Waals surface area contributed by atoms with E-state index in [0.717, 1.165) is 38.5 Å². The predicted molar refractivity (Wildman–Crippen MR) is 99.4 cm³/mol. The number of benzene rings is 1. The molecule has 1 aromatic heterocycles. The van der Waals surface area contributed by atoms with Gasteiger partial charge in [-0.2, -0.15) is 0 Å². The number of aromatic nitrogens is 1. The van der Waals surface area contributed by atoms with Crippen molar-refractivity contribution in [2.75, 3.05) is 37.6 Å². The number of rotatable bonds is 4. The van der Waals surface area contributed by atoms with E-state index in [1.807, 2.05) is 4.90 Å². The third-order valence-corrected chi connectivity index (χ3v) is 5.52. The van der Waals surface area contributed by atoms with Crippen LogP contribution in [0.1, 0.15) is 36.3 Å². The van der Waals surface area contributed by atoms with Crippen LogP contribution in [0.2, 0.25) is 0 Å². The van der Waals surface area contributed by atoms with E-state index in [9.17, 15) is 24.2 Å². The molecule has 1 aliphatic carbocycles. The number of aromatic carboxylic acids is 1. The Morgan fingerprint density at radius 2 is 1.89 bits per heavy atom. The zero-order valence-electron chi connectivity index (χ0n) is 15.1. The summed E-state index contributed by atoms with van der Waals surface area (Å²) in [6, 6.07) is 2.60. The van der Waals surface area contributed by atoms with E-state index in [4.69, 9.17) is 0 Å². The Kier molecular flexibility index (Phi) is 4.30. The molecule has 2 aliphatic rings. The lowest BCUT2D eigenvalue weighted by Gasteiger charge is -2.35. The number of anilines is 1. The van der Waals surface area contributed by atoms with Gasteiger partial charge in [-0.05, 0) is 31.5 Å². The fraction of sp³-hybridized carbons (Fsp3) is 0.474. The average molecular weight is 375 g/mol. The predicted octanol–water partition coefficient (Wildman–Crippen LogP) is 2.02. The highest BCUT2D eigenvalue weighted by atomic mass is 19.1. The number of piperazine rings is 1. The fourth-order valence-corrected chi connectivity index (χ4v) is 3.87. The molecular weight excluding hydrogens is 353 g/mol. The molecule has 1 aromatic carbocycles. The first-order chi connectivity index (χ1) is 12.9. The first kappa shape index (κ1) is 17.8.